The highest BCUT2D eigenvalue weighted by atomic mass is 79.9. The van der Waals surface area contributed by atoms with Crippen molar-refractivity contribution in [2.24, 2.45) is 5.41 Å². The molecule has 0 radical (unpaired) electrons. The number of hydrogen-bond donors (Lipinski definition) is 1. The third kappa shape index (κ3) is 6.63. The second kappa shape index (κ2) is 10.1. The van der Waals surface area contributed by atoms with Crippen molar-refractivity contribution >= 4 is 27.5 Å². The number of benzene rings is 1. The predicted molar refractivity (Wildman–Crippen MR) is 123 cm³/mol. The van der Waals surface area contributed by atoms with E-state index in [0.29, 0.717) is 4.48 Å². The van der Waals surface area contributed by atoms with Crippen LogP contribution in [0.2, 0.25) is 0 Å². The minimum absolute atomic E-state index is 0.282. The Hall–Kier alpha value is -1.87. The van der Waals surface area contributed by atoms with Gasteiger partial charge in [0.1, 0.15) is 0 Å². The normalized spacial score (nSPS) is 18.0. The van der Waals surface area contributed by atoms with Crippen LogP contribution in [0.1, 0.15) is 64.0 Å². The van der Waals surface area contributed by atoms with Gasteiger partial charge in [-0.15, -0.1) is 0 Å². The highest BCUT2D eigenvalue weighted by Crippen LogP contribution is 2.43. The molecule has 1 aliphatic rings. The van der Waals surface area contributed by atoms with E-state index >= 15 is 0 Å². The van der Waals surface area contributed by atoms with Crippen LogP contribution in [0.5, 0.6) is 0 Å². The first-order chi connectivity index (χ1) is 13.2. The first-order valence-electron chi connectivity index (χ1n) is 9.92. The minimum Gasteiger partial charge on any atom is -0.478 e. The van der Waals surface area contributed by atoms with Crippen LogP contribution < -0.4 is 0 Å². The van der Waals surface area contributed by atoms with E-state index in [4.69, 9.17) is 5.11 Å². The van der Waals surface area contributed by atoms with Crippen molar-refractivity contribution in [2.75, 3.05) is 0 Å². The smallest absolute Gasteiger partial charge is 0.329 e. The summed E-state index contributed by atoms with van der Waals surface area (Å²) in [5.74, 6) is -0.957. The van der Waals surface area contributed by atoms with Gasteiger partial charge in [0, 0.05) is 10.6 Å². The molecule has 0 aliphatic heterocycles. The SMILES string of the molecule is CC1=C(CC/C(=C/C=C/C(Br)=C/C(=O)O)c2ccc(C)cc2)C(C)(C)CCC1. The van der Waals surface area contributed by atoms with Gasteiger partial charge in [-0.2, -0.15) is 0 Å². The van der Waals surface area contributed by atoms with Crippen LogP contribution in [0.4, 0.5) is 0 Å². The summed E-state index contributed by atoms with van der Waals surface area (Å²) in [7, 11) is 0. The molecule has 1 aromatic carbocycles. The Bertz CT molecular complexity index is 821. The molecule has 0 heterocycles. The second-order valence-corrected chi connectivity index (χ2v) is 9.20. The van der Waals surface area contributed by atoms with Crippen molar-refractivity contribution in [2.45, 2.75) is 59.8 Å². The van der Waals surface area contributed by atoms with Gasteiger partial charge in [-0.05, 0) is 68.6 Å². The summed E-state index contributed by atoms with van der Waals surface area (Å²) in [6.45, 7) is 9.13. The van der Waals surface area contributed by atoms with Gasteiger partial charge >= 0.3 is 5.97 Å². The van der Waals surface area contributed by atoms with Crippen LogP contribution >= 0.6 is 15.9 Å². The lowest BCUT2D eigenvalue weighted by Crippen LogP contribution is -2.20. The third-order valence-electron chi connectivity index (χ3n) is 5.57. The molecule has 0 atom stereocenters. The number of rotatable bonds is 7. The Balaban J connectivity index is 2.26. The zero-order valence-electron chi connectivity index (χ0n) is 17.4. The summed E-state index contributed by atoms with van der Waals surface area (Å²) in [6, 6.07) is 8.62. The van der Waals surface area contributed by atoms with E-state index in [1.54, 1.807) is 17.2 Å². The Morgan fingerprint density at radius 2 is 1.89 bits per heavy atom. The fourth-order valence-electron chi connectivity index (χ4n) is 4.00. The van der Waals surface area contributed by atoms with E-state index in [2.05, 4.69) is 74.0 Å². The van der Waals surface area contributed by atoms with Gasteiger partial charge < -0.3 is 5.11 Å². The second-order valence-electron chi connectivity index (χ2n) is 8.28. The summed E-state index contributed by atoms with van der Waals surface area (Å²) in [5.41, 5.74) is 7.19. The van der Waals surface area contributed by atoms with Gasteiger partial charge in [0.15, 0.2) is 0 Å². The van der Waals surface area contributed by atoms with E-state index in [9.17, 15) is 4.79 Å². The van der Waals surface area contributed by atoms with E-state index in [0.717, 1.165) is 18.9 Å². The maximum absolute atomic E-state index is 10.8. The average molecular weight is 443 g/mol. The van der Waals surface area contributed by atoms with Gasteiger partial charge in [0.2, 0.25) is 0 Å². The van der Waals surface area contributed by atoms with Gasteiger partial charge in [-0.1, -0.05) is 82.9 Å². The van der Waals surface area contributed by atoms with Crippen molar-refractivity contribution in [3.8, 4) is 0 Å². The number of allylic oxidation sites excluding steroid dienone is 7. The van der Waals surface area contributed by atoms with Crippen molar-refractivity contribution in [3.63, 3.8) is 0 Å². The zero-order valence-corrected chi connectivity index (χ0v) is 19.0. The number of carboxylic acids is 1. The monoisotopic (exact) mass is 442 g/mol. The van der Waals surface area contributed by atoms with Crippen LogP contribution in [0.25, 0.3) is 5.57 Å². The molecule has 0 saturated carbocycles. The Kier molecular flexibility index (Phi) is 8.06. The Labute approximate surface area is 177 Å². The topological polar surface area (TPSA) is 37.3 Å². The van der Waals surface area contributed by atoms with Crippen LogP contribution in [0, 0.1) is 12.3 Å². The number of carboxylic acid groups (broad SMARTS) is 1. The summed E-state index contributed by atoms with van der Waals surface area (Å²) < 4.78 is 0.548. The molecule has 2 rings (SSSR count). The average Bonchev–Trinajstić information content (AvgIpc) is 2.59. The van der Waals surface area contributed by atoms with Crippen molar-refractivity contribution < 1.29 is 9.90 Å². The number of hydrogen-bond acceptors (Lipinski definition) is 1. The first-order valence-corrected chi connectivity index (χ1v) is 10.7. The molecule has 0 aromatic heterocycles. The van der Waals surface area contributed by atoms with Crippen LogP contribution in [0.3, 0.4) is 0 Å². The molecule has 0 saturated heterocycles. The maximum Gasteiger partial charge on any atom is 0.329 e. The van der Waals surface area contributed by atoms with Crippen LogP contribution in [0.15, 0.2) is 64.2 Å². The molecule has 0 fully saturated rings. The van der Waals surface area contributed by atoms with Gasteiger partial charge in [0.25, 0.3) is 0 Å². The van der Waals surface area contributed by atoms with E-state index < -0.39 is 5.97 Å². The lowest BCUT2D eigenvalue weighted by Gasteiger charge is -2.35. The highest BCUT2D eigenvalue weighted by Gasteiger charge is 2.27. The molecule has 1 N–H and O–H groups in total. The number of halogens is 1. The number of aryl methyl sites for hydroxylation is 1. The summed E-state index contributed by atoms with van der Waals surface area (Å²) >= 11 is 3.28. The molecule has 0 amide bonds. The van der Waals surface area contributed by atoms with Crippen molar-refractivity contribution in [1.82, 2.24) is 0 Å². The highest BCUT2D eigenvalue weighted by molar-refractivity contribution is 9.11. The van der Waals surface area contributed by atoms with Gasteiger partial charge in [-0.3, -0.25) is 0 Å². The molecule has 150 valence electrons. The molecular weight excluding hydrogens is 412 g/mol. The van der Waals surface area contributed by atoms with Crippen molar-refractivity contribution in [3.05, 3.63) is 75.3 Å². The van der Waals surface area contributed by atoms with Crippen LogP contribution in [-0.2, 0) is 4.79 Å². The molecule has 0 spiro atoms. The van der Waals surface area contributed by atoms with E-state index in [1.165, 1.54) is 36.0 Å². The molecular formula is C25H31BrO2. The molecule has 28 heavy (non-hydrogen) atoms. The molecule has 3 heteroatoms. The molecule has 1 aromatic rings. The van der Waals surface area contributed by atoms with Gasteiger partial charge in [0.05, 0.1) is 0 Å². The molecule has 2 nitrogen and oxygen atoms in total. The summed E-state index contributed by atoms with van der Waals surface area (Å²) in [5, 5.41) is 8.84. The largest absolute Gasteiger partial charge is 0.478 e. The standard InChI is InChI=1S/C25H31BrO2/c1-18-10-12-21(13-11-18)20(8-5-9-22(26)17-24(27)28)14-15-23-19(2)7-6-16-25(23,3)4/h5,8-13,17H,6-7,14-16H2,1-4H3,(H,27,28)/b9-5+,20-8-,22-17-. The maximum atomic E-state index is 10.8. The predicted octanol–water partition coefficient (Wildman–Crippen LogP) is 7.60. The van der Waals surface area contributed by atoms with Crippen LogP contribution in [-0.4, -0.2) is 11.1 Å². The number of aliphatic carboxylic acids is 1. The lowest BCUT2D eigenvalue weighted by molar-refractivity contribution is -0.131. The fourth-order valence-corrected chi connectivity index (χ4v) is 4.35. The van der Waals surface area contributed by atoms with Crippen molar-refractivity contribution in [1.29, 1.82) is 0 Å². The summed E-state index contributed by atoms with van der Waals surface area (Å²) in [6.07, 6.45) is 12.8. The molecule has 0 bridgehead atoms. The Morgan fingerprint density at radius 1 is 1.21 bits per heavy atom. The lowest BCUT2D eigenvalue weighted by atomic mass is 9.71. The van der Waals surface area contributed by atoms with E-state index in [1.807, 2.05) is 6.08 Å². The molecule has 1 aliphatic carbocycles. The first kappa shape index (κ1) is 22.4. The Morgan fingerprint density at radius 3 is 2.50 bits per heavy atom. The minimum atomic E-state index is -0.957. The quantitative estimate of drug-likeness (QED) is 0.268. The third-order valence-corrected chi connectivity index (χ3v) is 6.06. The fraction of sp³-hybridized carbons (Fsp3) is 0.400. The summed E-state index contributed by atoms with van der Waals surface area (Å²) in [4.78, 5) is 10.8. The number of carbonyl (C=O) groups is 1. The molecule has 0 unspecified atom stereocenters. The van der Waals surface area contributed by atoms with E-state index in [-0.39, 0.29) is 5.41 Å². The van der Waals surface area contributed by atoms with Gasteiger partial charge in [-0.25, -0.2) is 4.79 Å². The zero-order chi connectivity index (χ0) is 20.7.